The van der Waals surface area contributed by atoms with Gasteiger partial charge >= 0.3 is 0 Å². The highest BCUT2D eigenvalue weighted by Gasteiger charge is 2.27. The Kier molecular flexibility index (Phi) is 4.92. The Morgan fingerprint density at radius 2 is 1.48 bits per heavy atom. The molecule has 0 amide bonds. The van der Waals surface area contributed by atoms with Gasteiger partial charge in [0.15, 0.2) is 0 Å². The summed E-state index contributed by atoms with van der Waals surface area (Å²) in [5.41, 5.74) is 3.18. The fraction of sp³-hybridized carbons (Fsp3) is 0.273. The van der Waals surface area contributed by atoms with Crippen molar-refractivity contribution in [2.45, 2.75) is 25.4 Å². The quantitative estimate of drug-likeness (QED) is 0.837. The Labute approximate surface area is 148 Å². The molecule has 2 aromatic rings. The largest absolute Gasteiger partial charge is 0.390 e. The summed E-state index contributed by atoms with van der Waals surface area (Å²) >= 11 is 0. The minimum absolute atomic E-state index is 0.257. The van der Waals surface area contributed by atoms with Crippen LogP contribution in [0.1, 0.15) is 36.5 Å². The Bertz CT molecular complexity index is 800. The minimum atomic E-state index is -0.559. The number of nitrogens with zero attached hydrogens (tertiary/aromatic N) is 1. The van der Waals surface area contributed by atoms with Crippen molar-refractivity contribution in [1.82, 2.24) is 4.90 Å². The second-order valence-electron chi connectivity index (χ2n) is 6.76. The Morgan fingerprint density at radius 1 is 1.00 bits per heavy atom. The van der Waals surface area contributed by atoms with E-state index in [9.17, 15) is 9.50 Å². The van der Waals surface area contributed by atoms with Crippen molar-refractivity contribution >= 4 is 5.70 Å². The molecule has 0 aliphatic carbocycles. The van der Waals surface area contributed by atoms with Crippen molar-refractivity contribution in [1.29, 1.82) is 0 Å². The van der Waals surface area contributed by atoms with Crippen molar-refractivity contribution in [3.8, 4) is 11.8 Å². The zero-order valence-corrected chi connectivity index (χ0v) is 14.4. The summed E-state index contributed by atoms with van der Waals surface area (Å²) in [6, 6.07) is 14.1. The van der Waals surface area contributed by atoms with Crippen LogP contribution in [0.15, 0.2) is 55.1 Å². The van der Waals surface area contributed by atoms with Crippen LogP contribution in [0.4, 0.5) is 4.39 Å². The van der Waals surface area contributed by atoms with Gasteiger partial charge in [0.25, 0.3) is 0 Å². The number of piperidine rings is 1. The molecule has 1 aliphatic rings. The van der Waals surface area contributed by atoms with Crippen LogP contribution >= 0.6 is 0 Å². The molecular formula is C22H22FNO. The average Bonchev–Trinajstić information content (AvgIpc) is 2.61. The van der Waals surface area contributed by atoms with Gasteiger partial charge in [-0.3, -0.25) is 0 Å². The van der Waals surface area contributed by atoms with E-state index < -0.39 is 5.60 Å². The van der Waals surface area contributed by atoms with Gasteiger partial charge < -0.3 is 10.0 Å². The zero-order valence-electron chi connectivity index (χ0n) is 14.4. The van der Waals surface area contributed by atoms with Gasteiger partial charge in [0.05, 0.1) is 5.60 Å². The summed E-state index contributed by atoms with van der Waals surface area (Å²) in [7, 11) is 0. The number of benzene rings is 2. The highest BCUT2D eigenvalue weighted by atomic mass is 19.1. The van der Waals surface area contributed by atoms with Gasteiger partial charge in [-0.2, -0.15) is 0 Å². The lowest BCUT2D eigenvalue weighted by atomic mass is 9.93. The Morgan fingerprint density at radius 3 is 2.00 bits per heavy atom. The first-order valence-corrected chi connectivity index (χ1v) is 8.47. The molecule has 1 fully saturated rings. The van der Waals surface area contributed by atoms with Gasteiger partial charge in [-0.1, -0.05) is 30.6 Å². The van der Waals surface area contributed by atoms with Crippen molar-refractivity contribution in [2.24, 2.45) is 0 Å². The van der Waals surface area contributed by atoms with Gasteiger partial charge in [0, 0.05) is 29.9 Å². The molecule has 25 heavy (non-hydrogen) atoms. The fourth-order valence-corrected chi connectivity index (χ4v) is 2.86. The first-order valence-electron chi connectivity index (χ1n) is 8.47. The van der Waals surface area contributed by atoms with E-state index in [1.54, 1.807) is 12.1 Å². The molecule has 0 bridgehead atoms. The summed E-state index contributed by atoms with van der Waals surface area (Å²) in [6.45, 7) is 7.73. The van der Waals surface area contributed by atoms with Crippen LogP contribution in [0.25, 0.3) is 5.70 Å². The summed E-state index contributed by atoms with van der Waals surface area (Å²) < 4.78 is 12.9. The van der Waals surface area contributed by atoms with Gasteiger partial charge in [-0.15, -0.1) is 0 Å². The standard InChI is InChI=1S/C22H22FNO/c1-17(24-15-13-22(2,25)14-16-24)20-9-5-18(6-10-20)3-4-19-7-11-21(23)12-8-19/h5-12,25H,1,13-16H2,2H3. The van der Waals surface area contributed by atoms with Crippen LogP contribution in [0.5, 0.6) is 0 Å². The van der Waals surface area contributed by atoms with Crippen LogP contribution < -0.4 is 0 Å². The smallest absolute Gasteiger partial charge is 0.123 e. The molecule has 1 saturated heterocycles. The molecule has 2 aromatic carbocycles. The lowest BCUT2D eigenvalue weighted by molar-refractivity contribution is 0.00795. The van der Waals surface area contributed by atoms with Gasteiger partial charge in [0.2, 0.25) is 0 Å². The Hall–Kier alpha value is -2.57. The topological polar surface area (TPSA) is 23.5 Å². The molecule has 0 radical (unpaired) electrons. The second kappa shape index (κ2) is 7.13. The molecule has 3 rings (SSSR count). The second-order valence-corrected chi connectivity index (χ2v) is 6.76. The van der Waals surface area contributed by atoms with E-state index in [-0.39, 0.29) is 5.82 Å². The number of likely N-dealkylation sites (tertiary alicyclic amines) is 1. The molecular weight excluding hydrogens is 313 g/mol. The third-order valence-corrected chi connectivity index (χ3v) is 4.64. The van der Waals surface area contributed by atoms with Crippen molar-refractivity contribution in [3.05, 3.63) is 77.6 Å². The Balaban J connectivity index is 1.66. The number of aliphatic hydroxyl groups is 1. The third kappa shape index (κ3) is 4.49. The van der Waals surface area contributed by atoms with E-state index in [1.165, 1.54) is 12.1 Å². The molecule has 1 aliphatic heterocycles. The summed E-state index contributed by atoms with van der Waals surface area (Å²) in [6.07, 6.45) is 1.51. The first-order chi connectivity index (χ1) is 11.9. The molecule has 0 spiro atoms. The van der Waals surface area contributed by atoms with Crippen LogP contribution in [0, 0.1) is 17.7 Å². The molecule has 0 aromatic heterocycles. The summed E-state index contributed by atoms with van der Waals surface area (Å²) in [5.74, 6) is 5.86. The summed E-state index contributed by atoms with van der Waals surface area (Å²) in [4.78, 5) is 2.22. The molecule has 1 N–H and O–H groups in total. The summed E-state index contributed by atoms with van der Waals surface area (Å²) in [5, 5.41) is 10.1. The maximum absolute atomic E-state index is 12.9. The predicted molar refractivity (Wildman–Crippen MR) is 99.3 cm³/mol. The van der Waals surface area contributed by atoms with Crippen molar-refractivity contribution in [2.75, 3.05) is 13.1 Å². The van der Waals surface area contributed by atoms with Crippen molar-refractivity contribution in [3.63, 3.8) is 0 Å². The molecule has 1 heterocycles. The molecule has 128 valence electrons. The number of hydrogen-bond acceptors (Lipinski definition) is 2. The SMILES string of the molecule is C=C(c1ccc(C#Cc2ccc(F)cc2)cc1)N1CCC(C)(O)CC1. The maximum Gasteiger partial charge on any atom is 0.123 e. The van der Waals surface area contributed by atoms with Crippen LogP contribution in [-0.4, -0.2) is 28.7 Å². The zero-order chi connectivity index (χ0) is 17.9. The molecule has 2 nitrogen and oxygen atoms in total. The van der Waals surface area contributed by atoms with Crippen LogP contribution in [-0.2, 0) is 0 Å². The van der Waals surface area contributed by atoms with Gasteiger partial charge in [-0.05, 0) is 61.7 Å². The number of hydrogen-bond donors (Lipinski definition) is 1. The van der Waals surface area contributed by atoms with E-state index in [2.05, 4.69) is 23.3 Å². The van der Waals surface area contributed by atoms with Gasteiger partial charge in [-0.25, -0.2) is 4.39 Å². The molecule has 0 saturated carbocycles. The van der Waals surface area contributed by atoms with E-state index in [1.807, 2.05) is 31.2 Å². The fourth-order valence-electron chi connectivity index (χ4n) is 2.86. The number of halogens is 1. The minimum Gasteiger partial charge on any atom is -0.390 e. The van der Waals surface area contributed by atoms with Crippen molar-refractivity contribution < 1.29 is 9.50 Å². The third-order valence-electron chi connectivity index (χ3n) is 4.64. The van der Waals surface area contributed by atoms with Crippen LogP contribution in [0.3, 0.4) is 0 Å². The van der Waals surface area contributed by atoms with E-state index in [0.717, 1.165) is 48.3 Å². The lowest BCUT2D eigenvalue weighted by Crippen LogP contribution is -2.41. The van der Waals surface area contributed by atoms with E-state index >= 15 is 0 Å². The lowest BCUT2D eigenvalue weighted by Gasteiger charge is -2.38. The predicted octanol–water partition coefficient (Wildman–Crippen LogP) is 4.04. The average molecular weight is 335 g/mol. The maximum atomic E-state index is 12.9. The first kappa shape index (κ1) is 17.3. The van der Waals surface area contributed by atoms with Crippen LogP contribution in [0.2, 0.25) is 0 Å². The molecule has 0 atom stereocenters. The highest BCUT2D eigenvalue weighted by Crippen LogP contribution is 2.27. The molecule has 0 unspecified atom stereocenters. The van der Waals surface area contributed by atoms with E-state index in [4.69, 9.17) is 0 Å². The highest BCUT2D eigenvalue weighted by molar-refractivity contribution is 5.63. The van der Waals surface area contributed by atoms with E-state index in [0.29, 0.717) is 0 Å². The van der Waals surface area contributed by atoms with Gasteiger partial charge in [0.1, 0.15) is 5.82 Å². The monoisotopic (exact) mass is 335 g/mol. The molecule has 3 heteroatoms. The normalized spacial score (nSPS) is 16.0. The number of rotatable bonds is 2.